The molecule has 1 atom stereocenters. The first-order chi connectivity index (χ1) is 18.5. The van der Waals surface area contributed by atoms with E-state index in [9.17, 15) is 9.59 Å². The van der Waals surface area contributed by atoms with Crippen molar-refractivity contribution in [3.8, 4) is 11.1 Å². The Morgan fingerprint density at radius 3 is 2.47 bits per heavy atom. The summed E-state index contributed by atoms with van der Waals surface area (Å²) in [6, 6.07) is 21.7. The van der Waals surface area contributed by atoms with Crippen LogP contribution >= 0.6 is 34.4 Å². The number of aromatic amines is 1. The number of hydrogen-bond donors (Lipinski definition) is 1. The van der Waals surface area contributed by atoms with Gasteiger partial charge in [-0.2, -0.15) is 0 Å². The maximum atomic E-state index is 13.6. The number of fused-ring (bicyclic) bond motifs is 2. The van der Waals surface area contributed by atoms with Crippen LogP contribution in [0.2, 0.25) is 0 Å². The average Bonchev–Trinajstić information content (AvgIpc) is 3.57. The Labute approximate surface area is 231 Å². The molecule has 4 heterocycles. The molecule has 4 aromatic heterocycles. The van der Waals surface area contributed by atoms with Crippen molar-refractivity contribution in [2.24, 2.45) is 0 Å². The van der Waals surface area contributed by atoms with E-state index in [1.54, 1.807) is 15.9 Å². The Bertz CT molecular complexity index is 1870. The standard InChI is InChI=1S/C29H24N4O2S3/c1-3-20-14-21-26(38-20)32-29(33(28(21)35)15-18-10-6-4-7-11-18)37-17(2)24-30-25(34)23-22(16-36-27(23)31-24)19-12-8-5-9-13-19/h4-14,16-17H,3,15H2,1-2H3,(H,30,31,34). The lowest BCUT2D eigenvalue weighted by Crippen LogP contribution is -2.23. The summed E-state index contributed by atoms with van der Waals surface area (Å²) in [7, 11) is 0. The van der Waals surface area contributed by atoms with Crippen LogP contribution in [0, 0.1) is 0 Å². The van der Waals surface area contributed by atoms with Crippen LogP contribution in [0.15, 0.2) is 86.9 Å². The minimum atomic E-state index is -0.230. The lowest BCUT2D eigenvalue weighted by atomic mass is 10.1. The summed E-state index contributed by atoms with van der Waals surface area (Å²) in [5.41, 5.74) is 2.70. The molecule has 0 aliphatic heterocycles. The topological polar surface area (TPSA) is 80.6 Å². The third-order valence-corrected chi connectivity index (χ3v) is 9.56. The summed E-state index contributed by atoms with van der Waals surface area (Å²) in [5.74, 6) is 0.565. The fraction of sp³-hybridized carbons (Fsp3) is 0.172. The Morgan fingerprint density at radius 2 is 1.74 bits per heavy atom. The molecule has 0 aliphatic carbocycles. The average molecular weight is 557 g/mol. The zero-order valence-corrected chi connectivity index (χ0v) is 23.3. The number of thioether (sulfide) groups is 1. The van der Waals surface area contributed by atoms with Gasteiger partial charge in [-0.1, -0.05) is 79.3 Å². The molecule has 0 bridgehead atoms. The van der Waals surface area contributed by atoms with Gasteiger partial charge in [0.1, 0.15) is 15.5 Å². The number of nitrogens with one attached hydrogen (secondary N) is 1. The molecule has 0 spiro atoms. The molecule has 6 nitrogen and oxygen atoms in total. The third kappa shape index (κ3) is 4.62. The van der Waals surface area contributed by atoms with Gasteiger partial charge in [-0.25, -0.2) is 9.97 Å². The number of aryl methyl sites for hydroxylation is 1. The highest BCUT2D eigenvalue weighted by atomic mass is 32.2. The smallest absolute Gasteiger partial charge is 0.263 e. The number of rotatable bonds is 7. The maximum absolute atomic E-state index is 13.6. The van der Waals surface area contributed by atoms with Crippen LogP contribution in [0.25, 0.3) is 31.6 Å². The molecule has 0 aliphatic rings. The van der Waals surface area contributed by atoms with Gasteiger partial charge in [0.25, 0.3) is 11.1 Å². The van der Waals surface area contributed by atoms with E-state index in [-0.39, 0.29) is 16.4 Å². The number of H-pyrrole nitrogens is 1. The highest BCUT2D eigenvalue weighted by Gasteiger charge is 2.21. The van der Waals surface area contributed by atoms with Crippen molar-refractivity contribution < 1.29 is 0 Å². The van der Waals surface area contributed by atoms with E-state index in [1.165, 1.54) is 23.1 Å². The summed E-state index contributed by atoms with van der Waals surface area (Å²) in [6.07, 6.45) is 0.856. The number of aromatic nitrogens is 4. The van der Waals surface area contributed by atoms with Gasteiger partial charge in [-0.05, 0) is 30.5 Å². The molecule has 0 fully saturated rings. The zero-order chi connectivity index (χ0) is 26.2. The molecule has 0 radical (unpaired) electrons. The van der Waals surface area contributed by atoms with Crippen molar-refractivity contribution in [3.05, 3.63) is 109 Å². The highest BCUT2D eigenvalue weighted by molar-refractivity contribution is 7.99. The Hall–Kier alpha value is -3.53. The lowest BCUT2D eigenvalue weighted by Gasteiger charge is -2.15. The Morgan fingerprint density at radius 1 is 1.00 bits per heavy atom. The second-order valence-corrected chi connectivity index (χ2v) is 12.2. The van der Waals surface area contributed by atoms with Gasteiger partial charge in [0.15, 0.2) is 5.16 Å². The summed E-state index contributed by atoms with van der Waals surface area (Å²) < 4.78 is 1.74. The number of benzene rings is 2. The van der Waals surface area contributed by atoms with Gasteiger partial charge in [0.05, 0.1) is 22.6 Å². The van der Waals surface area contributed by atoms with Crippen LogP contribution in [0.1, 0.15) is 35.4 Å². The summed E-state index contributed by atoms with van der Waals surface area (Å²) >= 11 is 4.46. The van der Waals surface area contributed by atoms with E-state index in [2.05, 4.69) is 11.9 Å². The third-order valence-electron chi connectivity index (χ3n) is 6.41. The molecule has 38 heavy (non-hydrogen) atoms. The van der Waals surface area contributed by atoms with E-state index in [0.29, 0.717) is 33.1 Å². The van der Waals surface area contributed by atoms with Crippen LogP contribution in [0.5, 0.6) is 0 Å². The van der Waals surface area contributed by atoms with E-state index < -0.39 is 0 Å². The molecule has 190 valence electrons. The van der Waals surface area contributed by atoms with Crippen molar-refractivity contribution in [1.82, 2.24) is 19.5 Å². The summed E-state index contributed by atoms with van der Waals surface area (Å²) in [4.78, 5) is 42.2. The molecule has 2 aromatic carbocycles. The minimum absolute atomic E-state index is 0.0489. The van der Waals surface area contributed by atoms with Gasteiger partial charge in [0, 0.05) is 15.8 Å². The molecule has 1 unspecified atom stereocenters. The monoisotopic (exact) mass is 556 g/mol. The second kappa shape index (κ2) is 10.3. The number of thiophene rings is 2. The van der Waals surface area contributed by atoms with Crippen LogP contribution < -0.4 is 11.1 Å². The molecule has 6 aromatic rings. The Balaban J connectivity index is 1.40. The van der Waals surface area contributed by atoms with E-state index in [1.807, 2.05) is 79.0 Å². The molecule has 6 rings (SSSR count). The molecule has 0 amide bonds. The molecular weight excluding hydrogens is 533 g/mol. The van der Waals surface area contributed by atoms with Crippen LogP contribution in [0.3, 0.4) is 0 Å². The first-order valence-corrected chi connectivity index (χ1v) is 14.9. The second-order valence-electron chi connectivity index (χ2n) is 8.96. The van der Waals surface area contributed by atoms with Crippen molar-refractivity contribution >= 4 is 54.9 Å². The predicted octanol–water partition coefficient (Wildman–Crippen LogP) is 6.89. The predicted molar refractivity (Wildman–Crippen MR) is 159 cm³/mol. The SMILES string of the molecule is CCc1cc2c(=O)n(Cc3ccccc3)c(SC(C)c3nc4scc(-c5ccccc5)c4c(=O)[nH]3)nc2s1. The van der Waals surface area contributed by atoms with Gasteiger partial charge in [-0.15, -0.1) is 22.7 Å². The molecule has 1 N–H and O–H groups in total. The van der Waals surface area contributed by atoms with Crippen molar-refractivity contribution in [1.29, 1.82) is 0 Å². The van der Waals surface area contributed by atoms with Gasteiger partial charge >= 0.3 is 0 Å². The Kier molecular flexibility index (Phi) is 6.73. The number of hydrogen-bond acceptors (Lipinski definition) is 7. The lowest BCUT2D eigenvalue weighted by molar-refractivity contribution is 0.657. The first kappa shape index (κ1) is 24.8. The molecule has 9 heteroatoms. The quantitative estimate of drug-likeness (QED) is 0.171. The van der Waals surface area contributed by atoms with E-state index in [4.69, 9.17) is 9.97 Å². The largest absolute Gasteiger partial charge is 0.309 e. The van der Waals surface area contributed by atoms with Crippen molar-refractivity contribution in [3.63, 3.8) is 0 Å². The van der Waals surface area contributed by atoms with E-state index in [0.717, 1.165) is 32.8 Å². The molecular formula is C29H24N4O2S3. The summed E-state index contributed by atoms with van der Waals surface area (Å²) in [6.45, 7) is 4.48. The normalized spacial score (nSPS) is 12.4. The van der Waals surface area contributed by atoms with Crippen LogP contribution in [-0.4, -0.2) is 19.5 Å². The van der Waals surface area contributed by atoms with E-state index >= 15 is 0 Å². The molecule has 0 saturated carbocycles. The fourth-order valence-electron chi connectivity index (χ4n) is 4.42. The first-order valence-electron chi connectivity index (χ1n) is 12.3. The summed E-state index contributed by atoms with van der Waals surface area (Å²) in [5, 5.41) is 3.63. The minimum Gasteiger partial charge on any atom is -0.309 e. The zero-order valence-electron chi connectivity index (χ0n) is 20.8. The highest BCUT2D eigenvalue weighted by Crippen LogP contribution is 2.36. The van der Waals surface area contributed by atoms with Gasteiger partial charge < -0.3 is 4.98 Å². The molecule has 0 saturated heterocycles. The number of nitrogens with zero attached hydrogens (tertiary/aromatic N) is 3. The van der Waals surface area contributed by atoms with Crippen molar-refractivity contribution in [2.45, 2.75) is 37.2 Å². The van der Waals surface area contributed by atoms with Crippen LogP contribution in [0.4, 0.5) is 0 Å². The fourth-order valence-corrected chi connectivity index (χ4v) is 7.35. The van der Waals surface area contributed by atoms with Crippen molar-refractivity contribution in [2.75, 3.05) is 0 Å². The van der Waals surface area contributed by atoms with Gasteiger partial charge in [-0.3, -0.25) is 14.2 Å². The van der Waals surface area contributed by atoms with Crippen LogP contribution in [-0.2, 0) is 13.0 Å². The van der Waals surface area contributed by atoms with Gasteiger partial charge in [0.2, 0.25) is 0 Å². The maximum Gasteiger partial charge on any atom is 0.263 e.